The largest absolute Gasteiger partial charge is 0.392 e. The normalized spacial score (nSPS) is 17.0. The molecule has 0 saturated carbocycles. The van der Waals surface area contributed by atoms with Crippen LogP contribution in [-0.4, -0.2) is 22.5 Å². The van der Waals surface area contributed by atoms with E-state index in [1.54, 1.807) is 0 Å². The second-order valence-electron chi connectivity index (χ2n) is 5.58. The smallest absolute Gasteiger partial charge is 0.246 e. The standard InChI is InChI=1S/C19H19NO2/c1-2-19(22)20-11-16-10-14(13-21)8-9-17(16)18(12-20)15-6-4-3-5-7-15/h2-10,18,21H,1,11-13H2/t18-/m1/s1. The zero-order valence-electron chi connectivity index (χ0n) is 12.4. The fourth-order valence-corrected chi connectivity index (χ4v) is 3.09. The van der Waals surface area contributed by atoms with Gasteiger partial charge in [-0.25, -0.2) is 0 Å². The summed E-state index contributed by atoms with van der Waals surface area (Å²) in [5, 5.41) is 9.35. The third-order valence-electron chi connectivity index (χ3n) is 4.22. The number of benzene rings is 2. The molecular formula is C19H19NO2. The summed E-state index contributed by atoms with van der Waals surface area (Å²) in [5.41, 5.74) is 4.40. The third-order valence-corrected chi connectivity index (χ3v) is 4.22. The number of amides is 1. The van der Waals surface area contributed by atoms with Gasteiger partial charge in [0.05, 0.1) is 6.61 Å². The predicted octanol–water partition coefficient (Wildman–Crippen LogP) is 2.84. The number of hydrogen-bond acceptors (Lipinski definition) is 2. The van der Waals surface area contributed by atoms with Crippen molar-refractivity contribution >= 4 is 5.91 Å². The first-order chi connectivity index (χ1) is 10.7. The summed E-state index contributed by atoms with van der Waals surface area (Å²) in [7, 11) is 0. The van der Waals surface area contributed by atoms with Crippen molar-refractivity contribution in [2.24, 2.45) is 0 Å². The highest BCUT2D eigenvalue weighted by molar-refractivity contribution is 5.87. The Morgan fingerprint density at radius 1 is 1.27 bits per heavy atom. The summed E-state index contributed by atoms with van der Waals surface area (Å²) in [4.78, 5) is 13.9. The zero-order chi connectivity index (χ0) is 15.5. The van der Waals surface area contributed by atoms with Crippen LogP contribution in [0, 0.1) is 0 Å². The first-order valence-electron chi connectivity index (χ1n) is 7.41. The van der Waals surface area contributed by atoms with E-state index < -0.39 is 0 Å². The molecule has 3 heteroatoms. The van der Waals surface area contributed by atoms with Gasteiger partial charge in [-0.2, -0.15) is 0 Å². The molecule has 1 amide bonds. The number of hydrogen-bond donors (Lipinski definition) is 1. The van der Waals surface area contributed by atoms with E-state index in [2.05, 4.69) is 24.8 Å². The molecule has 1 N–H and O–H groups in total. The fraction of sp³-hybridized carbons (Fsp3) is 0.211. The van der Waals surface area contributed by atoms with Gasteiger partial charge in [0.15, 0.2) is 0 Å². The van der Waals surface area contributed by atoms with Crippen molar-refractivity contribution < 1.29 is 9.90 Å². The monoisotopic (exact) mass is 293 g/mol. The van der Waals surface area contributed by atoms with Crippen molar-refractivity contribution in [2.45, 2.75) is 19.1 Å². The average molecular weight is 293 g/mol. The van der Waals surface area contributed by atoms with Crippen LogP contribution in [0.25, 0.3) is 0 Å². The molecule has 0 unspecified atom stereocenters. The minimum Gasteiger partial charge on any atom is -0.392 e. The molecule has 1 aliphatic rings. The number of carbonyl (C=O) groups excluding carboxylic acids is 1. The lowest BCUT2D eigenvalue weighted by molar-refractivity contribution is -0.127. The minimum absolute atomic E-state index is 0.0126. The van der Waals surface area contributed by atoms with Gasteiger partial charge in [0, 0.05) is 19.0 Å². The molecule has 1 heterocycles. The second kappa shape index (κ2) is 6.16. The molecule has 0 fully saturated rings. The SMILES string of the molecule is C=CC(=O)N1Cc2cc(CO)ccc2[C@@H](c2ccccc2)C1. The summed E-state index contributed by atoms with van der Waals surface area (Å²) >= 11 is 0. The molecule has 2 aromatic carbocycles. The van der Waals surface area contributed by atoms with E-state index in [1.165, 1.54) is 17.2 Å². The van der Waals surface area contributed by atoms with Gasteiger partial charge in [-0.3, -0.25) is 4.79 Å². The van der Waals surface area contributed by atoms with E-state index in [0.29, 0.717) is 13.1 Å². The van der Waals surface area contributed by atoms with Crippen molar-refractivity contribution in [2.75, 3.05) is 6.54 Å². The van der Waals surface area contributed by atoms with Crippen molar-refractivity contribution in [1.29, 1.82) is 0 Å². The zero-order valence-corrected chi connectivity index (χ0v) is 12.4. The number of aliphatic hydroxyl groups excluding tert-OH is 1. The predicted molar refractivity (Wildman–Crippen MR) is 86.3 cm³/mol. The molecule has 0 saturated heterocycles. The highest BCUT2D eigenvalue weighted by atomic mass is 16.3. The molecule has 1 aliphatic heterocycles. The van der Waals surface area contributed by atoms with Gasteiger partial charge in [-0.15, -0.1) is 0 Å². The molecule has 0 bridgehead atoms. The Morgan fingerprint density at radius 3 is 2.73 bits per heavy atom. The summed E-state index contributed by atoms with van der Waals surface area (Å²) in [6, 6.07) is 16.2. The highest BCUT2D eigenvalue weighted by Gasteiger charge is 2.28. The lowest BCUT2D eigenvalue weighted by atomic mass is 9.84. The molecular weight excluding hydrogens is 274 g/mol. The number of carbonyl (C=O) groups is 1. The molecule has 3 rings (SSSR count). The third kappa shape index (κ3) is 2.68. The van der Waals surface area contributed by atoms with Crippen LogP contribution in [0.1, 0.15) is 28.2 Å². The molecule has 3 nitrogen and oxygen atoms in total. The van der Waals surface area contributed by atoms with Crippen LogP contribution in [-0.2, 0) is 17.9 Å². The number of aliphatic hydroxyl groups is 1. The van der Waals surface area contributed by atoms with Crippen LogP contribution < -0.4 is 0 Å². The Hall–Kier alpha value is -2.39. The Balaban J connectivity index is 2.06. The van der Waals surface area contributed by atoms with Gasteiger partial charge < -0.3 is 10.0 Å². The van der Waals surface area contributed by atoms with Crippen LogP contribution in [0.4, 0.5) is 0 Å². The van der Waals surface area contributed by atoms with E-state index in [-0.39, 0.29) is 18.4 Å². The van der Waals surface area contributed by atoms with Crippen LogP contribution in [0.15, 0.2) is 61.2 Å². The van der Waals surface area contributed by atoms with Gasteiger partial charge in [-0.1, -0.05) is 55.1 Å². The van der Waals surface area contributed by atoms with Crippen LogP contribution in [0.3, 0.4) is 0 Å². The van der Waals surface area contributed by atoms with E-state index in [1.807, 2.05) is 35.2 Å². The topological polar surface area (TPSA) is 40.5 Å². The van der Waals surface area contributed by atoms with Gasteiger partial charge in [-0.05, 0) is 28.3 Å². The van der Waals surface area contributed by atoms with E-state index >= 15 is 0 Å². The van der Waals surface area contributed by atoms with Crippen molar-refractivity contribution in [3.63, 3.8) is 0 Å². The lowest BCUT2D eigenvalue weighted by Gasteiger charge is -2.35. The Labute approximate surface area is 130 Å². The maximum Gasteiger partial charge on any atom is 0.246 e. The lowest BCUT2D eigenvalue weighted by Crippen LogP contribution is -2.37. The average Bonchev–Trinajstić information content (AvgIpc) is 2.60. The van der Waals surface area contributed by atoms with E-state index in [4.69, 9.17) is 0 Å². The van der Waals surface area contributed by atoms with Crippen molar-refractivity contribution in [1.82, 2.24) is 4.90 Å². The Bertz CT molecular complexity index is 694. The summed E-state index contributed by atoms with van der Waals surface area (Å²) in [6.07, 6.45) is 1.36. The van der Waals surface area contributed by atoms with Crippen LogP contribution in [0.5, 0.6) is 0 Å². The van der Waals surface area contributed by atoms with Gasteiger partial charge >= 0.3 is 0 Å². The second-order valence-corrected chi connectivity index (χ2v) is 5.58. The molecule has 22 heavy (non-hydrogen) atoms. The number of fused-ring (bicyclic) bond motifs is 1. The van der Waals surface area contributed by atoms with Crippen LogP contribution >= 0.6 is 0 Å². The number of rotatable bonds is 3. The maximum absolute atomic E-state index is 12.1. The van der Waals surface area contributed by atoms with Crippen LogP contribution in [0.2, 0.25) is 0 Å². The molecule has 0 radical (unpaired) electrons. The minimum atomic E-state index is -0.0546. The molecule has 1 atom stereocenters. The van der Waals surface area contributed by atoms with Crippen molar-refractivity contribution in [3.05, 3.63) is 83.4 Å². The molecule has 2 aromatic rings. The Morgan fingerprint density at radius 2 is 2.05 bits per heavy atom. The van der Waals surface area contributed by atoms with E-state index in [0.717, 1.165) is 11.1 Å². The van der Waals surface area contributed by atoms with Gasteiger partial charge in [0.2, 0.25) is 5.91 Å². The summed E-state index contributed by atoms with van der Waals surface area (Å²) < 4.78 is 0. The molecule has 0 aromatic heterocycles. The van der Waals surface area contributed by atoms with E-state index in [9.17, 15) is 9.90 Å². The summed E-state index contributed by atoms with van der Waals surface area (Å²) in [6.45, 7) is 4.82. The first kappa shape index (κ1) is 14.5. The molecule has 112 valence electrons. The fourth-order valence-electron chi connectivity index (χ4n) is 3.09. The van der Waals surface area contributed by atoms with Gasteiger partial charge in [0.25, 0.3) is 0 Å². The maximum atomic E-state index is 12.1. The highest BCUT2D eigenvalue weighted by Crippen LogP contribution is 2.34. The van der Waals surface area contributed by atoms with Gasteiger partial charge in [0.1, 0.15) is 0 Å². The molecule has 0 aliphatic carbocycles. The number of nitrogens with zero attached hydrogens (tertiary/aromatic N) is 1. The Kier molecular flexibility index (Phi) is 4.07. The molecule has 0 spiro atoms. The summed E-state index contributed by atoms with van der Waals surface area (Å²) in [5.74, 6) is 0.0996. The quantitative estimate of drug-likeness (QED) is 0.884. The van der Waals surface area contributed by atoms with Crippen molar-refractivity contribution in [3.8, 4) is 0 Å². The first-order valence-corrected chi connectivity index (χ1v) is 7.41.